The van der Waals surface area contributed by atoms with Crippen molar-refractivity contribution in [3.05, 3.63) is 89.6 Å². The van der Waals surface area contributed by atoms with E-state index in [0.717, 1.165) is 0 Å². The Morgan fingerprint density at radius 3 is 2.11 bits per heavy atom. The highest BCUT2D eigenvalue weighted by Gasteiger charge is 2.51. The first-order chi connectivity index (χ1) is 17.1. The van der Waals surface area contributed by atoms with Crippen molar-refractivity contribution in [3.63, 3.8) is 0 Å². The molecular weight excluding hydrogens is 476 g/mol. The molecule has 4 aromatic rings. The van der Waals surface area contributed by atoms with Crippen molar-refractivity contribution in [2.45, 2.75) is 24.5 Å². The fourth-order valence-corrected chi connectivity index (χ4v) is 4.07. The molecule has 2 aromatic carbocycles. The van der Waals surface area contributed by atoms with Gasteiger partial charge in [0.2, 0.25) is 0 Å². The van der Waals surface area contributed by atoms with Gasteiger partial charge in [0.1, 0.15) is 17.9 Å². The van der Waals surface area contributed by atoms with Crippen LogP contribution >= 0.6 is 11.6 Å². The summed E-state index contributed by atoms with van der Waals surface area (Å²) in [5, 5.41) is 10.2. The van der Waals surface area contributed by atoms with Crippen LogP contribution in [0, 0.1) is 0 Å². The van der Waals surface area contributed by atoms with Gasteiger partial charge in [0.25, 0.3) is 0 Å². The van der Waals surface area contributed by atoms with Crippen molar-refractivity contribution in [2.24, 2.45) is 0 Å². The van der Waals surface area contributed by atoms with Crippen molar-refractivity contribution in [3.8, 4) is 0 Å². The lowest BCUT2D eigenvalue weighted by Gasteiger charge is -2.24. The molecule has 11 heteroatoms. The molecular formula is C24H19ClN4O6. The van der Waals surface area contributed by atoms with E-state index < -0.39 is 43.1 Å². The third-order valence-electron chi connectivity index (χ3n) is 5.56. The minimum absolute atomic E-state index is 0.135. The van der Waals surface area contributed by atoms with E-state index in [1.165, 1.54) is 17.2 Å². The first-order valence-electron chi connectivity index (χ1n) is 10.7. The van der Waals surface area contributed by atoms with Crippen molar-refractivity contribution >= 4 is 34.7 Å². The van der Waals surface area contributed by atoms with Gasteiger partial charge < -0.3 is 19.3 Å². The Kier molecular flexibility index (Phi) is 6.41. The summed E-state index contributed by atoms with van der Waals surface area (Å²) in [4.78, 5) is 38.2. The summed E-state index contributed by atoms with van der Waals surface area (Å²) < 4.78 is 19.1. The molecule has 35 heavy (non-hydrogen) atoms. The Hall–Kier alpha value is -3.86. The molecule has 178 valence electrons. The molecule has 10 nitrogen and oxygen atoms in total. The molecule has 1 aliphatic rings. The topological polar surface area (TPSA) is 126 Å². The van der Waals surface area contributed by atoms with Gasteiger partial charge in [0.15, 0.2) is 29.2 Å². The quantitative estimate of drug-likeness (QED) is 0.318. The van der Waals surface area contributed by atoms with Gasteiger partial charge in [-0.05, 0) is 24.3 Å². The Morgan fingerprint density at radius 2 is 1.51 bits per heavy atom. The molecule has 0 spiro atoms. The van der Waals surface area contributed by atoms with E-state index in [1.54, 1.807) is 60.7 Å². The molecule has 5 rings (SSSR count). The number of carbonyl (C=O) groups is 2. The van der Waals surface area contributed by atoms with Crippen LogP contribution in [-0.4, -0.2) is 61.5 Å². The maximum Gasteiger partial charge on any atom is 0.338 e. The third kappa shape index (κ3) is 4.46. The largest absolute Gasteiger partial charge is 0.452 e. The summed E-state index contributed by atoms with van der Waals surface area (Å²) in [7, 11) is 0. The standard InChI is InChI=1S/C24H19ClN4O6/c25-20-17-21(27-12-26-20)29(13-28-17)22-19(35-24(32)15-9-5-2-6-10-15)18(16(11-30)33-22)34-23(31)14-7-3-1-4-8-14/h1-10,12-13,16,18-19,22,30H,11H2/t16-,18-,19-,22-/m1/s1. The molecule has 0 aliphatic carbocycles. The average molecular weight is 495 g/mol. The maximum absolute atomic E-state index is 13.0. The smallest absolute Gasteiger partial charge is 0.338 e. The highest BCUT2D eigenvalue weighted by atomic mass is 35.5. The Balaban J connectivity index is 1.52. The minimum atomic E-state index is -1.14. The van der Waals surface area contributed by atoms with Crippen molar-refractivity contribution in [1.29, 1.82) is 0 Å². The lowest BCUT2D eigenvalue weighted by atomic mass is 10.1. The van der Waals surface area contributed by atoms with Crippen LogP contribution < -0.4 is 0 Å². The molecule has 0 unspecified atom stereocenters. The number of hydrogen-bond acceptors (Lipinski definition) is 9. The highest BCUT2D eigenvalue weighted by molar-refractivity contribution is 6.33. The van der Waals surface area contributed by atoms with E-state index in [4.69, 9.17) is 25.8 Å². The van der Waals surface area contributed by atoms with Crippen LogP contribution in [0.25, 0.3) is 11.2 Å². The van der Waals surface area contributed by atoms with Crippen LogP contribution in [0.1, 0.15) is 26.9 Å². The van der Waals surface area contributed by atoms with Crippen LogP contribution in [0.2, 0.25) is 5.15 Å². The normalized spacial score (nSPS) is 21.7. The third-order valence-corrected chi connectivity index (χ3v) is 5.84. The zero-order valence-corrected chi connectivity index (χ0v) is 18.9. The summed E-state index contributed by atoms with van der Waals surface area (Å²) >= 11 is 6.14. The van der Waals surface area contributed by atoms with Crippen LogP contribution in [0.4, 0.5) is 0 Å². The number of nitrogens with zero attached hydrogens (tertiary/aromatic N) is 4. The number of aliphatic hydroxyl groups excluding tert-OH is 1. The van der Waals surface area contributed by atoms with Crippen LogP contribution in [-0.2, 0) is 14.2 Å². The molecule has 0 saturated carbocycles. The highest BCUT2D eigenvalue weighted by Crippen LogP contribution is 2.36. The number of ether oxygens (including phenoxy) is 3. The summed E-state index contributed by atoms with van der Waals surface area (Å²) in [6.07, 6.45) is -1.60. The number of esters is 2. The van der Waals surface area contributed by atoms with Crippen molar-refractivity contribution in [1.82, 2.24) is 19.5 Å². The summed E-state index contributed by atoms with van der Waals surface area (Å²) in [5.74, 6) is -1.31. The lowest BCUT2D eigenvalue weighted by molar-refractivity contribution is -0.0566. The second-order valence-corrected chi connectivity index (χ2v) is 8.07. The number of imidazole rings is 1. The summed E-state index contributed by atoms with van der Waals surface area (Å²) in [6.45, 7) is -0.495. The second-order valence-electron chi connectivity index (χ2n) is 7.71. The van der Waals surface area contributed by atoms with Gasteiger partial charge in [-0.2, -0.15) is 0 Å². The molecule has 0 radical (unpaired) electrons. The Bertz CT molecular complexity index is 1350. The van der Waals surface area contributed by atoms with Gasteiger partial charge >= 0.3 is 11.9 Å². The molecule has 4 atom stereocenters. The lowest BCUT2D eigenvalue weighted by Crippen LogP contribution is -2.40. The molecule has 0 bridgehead atoms. The zero-order valence-electron chi connectivity index (χ0n) is 18.1. The Morgan fingerprint density at radius 1 is 0.914 bits per heavy atom. The van der Waals surface area contributed by atoms with Gasteiger partial charge in [0, 0.05) is 0 Å². The van der Waals surface area contributed by atoms with Gasteiger partial charge in [-0.3, -0.25) is 4.57 Å². The molecule has 2 aromatic heterocycles. The predicted octanol–water partition coefficient (Wildman–Crippen LogP) is 2.82. The van der Waals surface area contributed by atoms with E-state index in [1.807, 2.05) is 0 Å². The molecule has 0 amide bonds. The number of hydrogen-bond donors (Lipinski definition) is 1. The van der Waals surface area contributed by atoms with Gasteiger partial charge in [0.05, 0.1) is 24.1 Å². The number of rotatable bonds is 6. The van der Waals surface area contributed by atoms with Gasteiger partial charge in [-0.1, -0.05) is 48.0 Å². The first kappa shape index (κ1) is 22.9. The van der Waals surface area contributed by atoms with E-state index in [0.29, 0.717) is 22.3 Å². The van der Waals surface area contributed by atoms with Crippen LogP contribution in [0.5, 0.6) is 0 Å². The van der Waals surface area contributed by atoms with Crippen LogP contribution in [0.3, 0.4) is 0 Å². The van der Waals surface area contributed by atoms with E-state index in [-0.39, 0.29) is 5.15 Å². The number of aromatic nitrogens is 4. The average Bonchev–Trinajstić information content (AvgIpc) is 3.47. The summed E-state index contributed by atoms with van der Waals surface area (Å²) in [6, 6.07) is 16.7. The molecule has 1 N–H and O–H groups in total. The second kappa shape index (κ2) is 9.79. The first-order valence-corrected chi connectivity index (χ1v) is 11.1. The summed E-state index contributed by atoms with van der Waals surface area (Å²) in [5.41, 5.74) is 1.24. The molecule has 3 heterocycles. The van der Waals surface area contributed by atoms with E-state index in [2.05, 4.69) is 15.0 Å². The SMILES string of the molecule is O=C(O[C@@H]1[C@H](OC(=O)c2ccccc2)[C@@H](CO)O[C@H]1n1cnc2c(Cl)ncnc21)c1ccccc1. The number of carbonyl (C=O) groups excluding carboxylic acids is 2. The zero-order chi connectivity index (χ0) is 24.4. The molecule has 1 fully saturated rings. The number of aliphatic hydroxyl groups is 1. The van der Waals surface area contributed by atoms with Crippen molar-refractivity contribution in [2.75, 3.05) is 6.61 Å². The Labute approximate surface area is 204 Å². The molecule has 1 aliphatic heterocycles. The van der Waals surface area contributed by atoms with Gasteiger partial charge in [-0.25, -0.2) is 24.5 Å². The fourth-order valence-electron chi connectivity index (χ4n) is 3.89. The number of halogens is 1. The number of fused-ring (bicyclic) bond motifs is 1. The fraction of sp³-hybridized carbons (Fsp3) is 0.208. The van der Waals surface area contributed by atoms with E-state index in [9.17, 15) is 14.7 Å². The number of benzene rings is 2. The molecule has 1 saturated heterocycles. The van der Waals surface area contributed by atoms with Crippen molar-refractivity contribution < 1.29 is 28.9 Å². The predicted molar refractivity (Wildman–Crippen MR) is 123 cm³/mol. The maximum atomic E-state index is 13.0. The van der Waals surface area contributed by atoms with Gasteiger partial charge in [-0.15, -0.1) is 0 Å². The van der Waals surface area contributed by atoms with Crippen LogP contribution in [0.15, 0.2) is 73.3 Å². The minimum Gasteiger partial charge on any atom is -0.452 e. The monoisotopic (exact) mass is 494 g/mol. The van der Waals surface area contributed by atoms with E-state index >= 15 is 0 Å².